The maximum atomic E-state index is 12.2. The molecule has 0 aromatic carbocycles. The van der Waals surface area contributed by atoms with Gasteiger partial charge in [-0.2, -0.15) is 0 Å². The fourth-order valence-corrected chi connectivity index (χ4v) is 1.75. The van der Waals surface area contributed by atoms with Crippen LogP contribution in [0.5, 0.6) is 0 Å². The Labute approximate surface area is 122 Å². The van der Waals surface area contributed by atoms with E-state index in [1.165, 1.54) is 0 Å². The SMILES string of the molecule is CCC(CC)NC(=O)C(NC(=O)OC(C)(C)C)C(C)C. The minimum atomic E-state index is -0.578. The van der Waals surface area contributed by atoms with E-state index in [9.17, 15) is 9.59 Å². The molecule has 0 fully saturated rings. The third-order valence-electron chi connectivity index (χ3n) is 2.95. The highest BCUT2D eigenvalue weighted by atomic mass is 16.6. The summed E-state index contributed by atoms with van der Waals surface area (Å²) in [5, 5.41) is 5.61. The molecule has 0 aromatic rings. The second kappa shape index (κ2) is 8.12. The molecule has 0 saturated carbocycles. The molecule has 5 heteroatoms. The molecule has 20 heavy (non-hydrogen) atoms. The minimum Gasteiger partial charge on any atom is -0.444 e. The summed E-state index contributed by atoms with van der Waals surface area (Å²) in [6, 6.07) is -0.436. The molecule has 0 heterocycles. The largest absolute Gasteiger partial charge is 0.444 e. The zero-order chi connectivity index (χ0) is 15.9. The topological polar surface area (TPSA) is 67.4 Å². The average Bonchev–Trinajstić information content (AvgIpc) is 2.30. The summed E-state index contributed by atoms with van der Waals surface area (Å²) in [7, 11) is 0. The fourth-order valence-electron chi connectivity index (χ4n) is 1.75. The van der Waals surface area contributed by atoms with Crippen molar-refractivity contribution in [1.29, 1.82) is 0 Å². The van der Waals surface area contributed by atoms with E-state index in [0.717, 1.165) is 12.8 Å². The second-order valence-electron chi connectivity index (χ2n) is 6.39. The third kappa shape index (κ3) is 7.36. The van der Waals surface area contributed by atoms with Crippen LogP contribution >= 0.6 is 0 Å². The zero-order valence-corrected chi connectivity index (χ0v) is 13.9. The number of amides is 2. The summed E-state index contributed by atoms with van der Waals surface area (Å²) < 4.78 is 5.20. The highest BCUT2D eigenvalue weighted by molar-refractivity contribution is 5.86. The van der Waals surface area contributed by atoms with Crippen molar-refractivity contribution in [3.63, 3.8) is 0 Å². The van der Waals surface area contributed by atoms with Crippen molar-refractivity contribution >= 4 is 12.0 Å². The first-order valence-corrected chi connectivity index (χ1v) is 7.40. The molecular formula is C15H30N2O3. The Kier molecular flexibility index (Phi) is 7.61. The normalized spacial score (nSPS) is 13.2. The minimum absolute atomic E-state index is 0.00289. The van der Waals surface area contributed by atoms with E-state index in [2.05, 4.69) is 10.6 Å². The number of ether oxygens (including phenoxy) is 1. The summed E-state index contributed by atoms with van der Waals surface area (Å²) >= 11 is 0. The number of carbonyl (C=O) groups excluding carboxylic acids is 2. The molecule has 118 valence electrons. The zero-order valence-electron chi connectivity index (χ0n) is 13.9. The van der Waals surface area contributed by atoms with Crippen LogP contribution in [0, 0.1) is 5.92 Å². The van der Waals surface area contributed by atoms with Crippen LogP contribution in [0.2, 0.25) is 0 Å². The van der Waals surface area contributed by atoms with Crippen molar-refractivity contribution in [3.8, 4) is 0 Å². The van der Waals surface area contributed by atoms with Crippen LogP contribution in [0.25, 0.3) is 0 Å². The molecule has 0 saturated heterocycles. The predicted molar refractivity (Wildman–Crippen MR) is 80.5 cm³/mol. The van der Waals surface area contributed by atoms with Gasteiger partial charge in [0.2, 0.25) is 5.91 Å². The highest BCUT2D eigenvalue weighted by Crippen LogP contribution is 2.09. The van der Waals surface area contributed by atoms with E-state index in [-0.39, 0.29) is 17.9 Å². The van der Waals surface area contributed by atoms with Crippen molar-refractivity contribution < 1.29 is 14.3 Å². The molecule has 0 aliphatic carbocycles. The van der Waals surface area contributed by atoms with Crippen LogP contribution in [0.4, 0.5) is 4.79 Å². The van der Waals surface area contributed by atoms with Crippen LogP contribution in [-0.4, -0.2) is 29.7 Å². The molecule has 0 spiro atoms. The first-order chi connectivity index (χ1) is 9.10. The molecular weight excluding hydrogens is 256 g/mol. The lowest BCUT2D eigenvalue weighted by Gasteiger charge is -2.26. The summed E-state index contributed by atoms with van der Waals surface area (Å²) in [5.74, 6) is -0.156. The lowest BCUT2D eigenvalue weighted by atomic mass is 10.0. The van der Waals surface area contributed by atoms with Crippen molar-refractivity contribution in [2.75, 3.05) is 0 Å². The molecule has 0 bridgehead atoms. The Balaban J connectivity index is 4.65. The van der Waals surface area contributed by atoms with E-state index in [0.29, 0.717) is 0 Å². The van der Waals surface area contributed by atoms with Gasteiger partial charge >= 0.3 is 6.09 Å². The van der Waals surface area contributed by atoms with Crippen LogP contribution in [0.1, 0.15) is 61.3 Å². The number of alkyl carbamates (subject to hydrolysis) is 1. The van der Waals surface area contributed by atoms with Gasteiger partial charge in [0.05, 0.1) is 0 Å². The smallest absolute Gasteiger partial charge is 0.408 e. The second-order valence-corrected chi connectivity index (χ2v) is 6.39. The quantitative estimate of drug-likeness (QED) is 0.789. The van der Waals surface area contributed by atoms with E-state index in [1.807, 2.05) is 27.7 Å². The number of rotatable bonds is 6. The summed E-state index contributed by atoms with van der Waals surface area (Å²) in [6.45, 7) is 13.2. The van der Waals surface area contributed by atoms with E-state index in [1.54, 1.807) is 20.8 Å². The van der Waals surface area contributed by atoms with Gasteiger partial charge in [0.1, 0.15) is 11.6 Å². The molecule has 1 atom stereocenters. The highest BCUT2D eigenvalue weighted by Gasteiger charge is 2.27. The molecule has 0 radical (unpaired) electrons. The fraction of sp³-hybridized carbons (Fsp3) is 0.867. The maximum Gasteiger partial charge on any atom is 0.408 e. The molecule has 0 aromatic heterocycles. The van der Waals surface area contributed by atoms with Gasteiger partial charge in [-0.15, -0.1) is 0 Å². The molecule has 0 rings (SSSR count). The lowest BCUT2D eigenvalue weighted by Crippen LogP contribution is -2.52. The van der Waals surface area contributed by atoms with Crippen molar-refractivity contribution in [3.05, 3.63) is 0 Å². The number of hydrogen-bond donors (Lipinski definition) is 2. The van der Waals surface area contributed by atoms with Crippen LogP contribution in [0.15, 0.2) is 0 Å². The lowest BCUT2D eigenvalue weighted by molar-refractivity contribution is -0.125. The first kappa shape index (κ1) is 18.7. The van der Waals surface area contributed by atoms with E-state index < -0.39 is 17.7 Å². The molecule has 2 N–H and O–H groups in total. The Hall–Kier alpha value is -1.26. The molecule has 1 unspecified atom stereocenters. The van der Waals surface area contributed by atoms with Gasteiger partial charge in [-0.3, -0.25) is 4.79 Å². The van der Waals surface area contributed by atoms with Gasteiger partial charge in [0.15, 0.2) is 0 Å². The first-order valence-electron chi connectivity index (χ1n) is 7.40. The molecule has 5 nitrogen and oxygen atoms in total. The summed E-state index contributed by atoms with van der Waals surface area (Å²) in [6.07, 6.45) is 1.19. The van der Waals surface area contributed by atoms with Gasteiger partial charge in [0.25, 0.3) is 0 Å². The van der Waals surface area contributed by atoms with Crippen LogP contribution in [-0.2, 0) is 9.53 Å². The summed E-state index contributed by atoms with van der Waals surface area (Å²) in [4.78, 5) is 24.0. The van der Waals surface area contributed by atoms with Crippen LogP contribution < -0.4 is 10.6 Å². The van der Waals surface area contributed by atoms with Gasteiger partial charge < -0.3 is 15.4 Å². The maximum absolute atomic E-state index is 12.2. The Morgan fingerprint density at radius 3 is 1.90 bits per heavy atom. The van der Waals surface area contributed by atoms with Gasteiger partial charge in [-0.25, -0.2) is 4.79 Å². The number of hydrogen-bond acceptors (Lipinski definition) is 3. The average molecular weight is 286 g/mol. The summed E-state index contributed by atoms with van der Waals surface area (Å²) in [5.41, 5.74) is -0.572. The van der Waals surface area contributed by atoms with Crippen molar-refractivity contribution in [1.82, 2.24) is 10.6 Å². The molecule has 0 aliphatic heterocycles. The third-order valence-corrected chi connectivity index (χ3v) is 2.95. The monoisotopic (exact) mass is 286 g/mol. The van der Waals surface area contributed by atoms with Gasteiger partial charge in [0, 0.05) is 6.04 Å². The Morgan fingerprint density at radius 1 is 1.05 bits per heavy atom. The standard InChI is InChI=1S/C15H30N2O3/c1-8-11(9-2)16-13(18)12(10(3)4)17-14(19)20-15(5,6)7/h10-12H,8-9H2,1-7H3,(H,16,18)(H,17,19). The Bertz CT molecular complexity index is 318. The van der Waals surface area contributed by atoms with Gasteiger partial charge in [-0.1, -0.05) is 27.7 Å². The molecule has 0 aliphatic rings. The van der Waals surface area contributed by atoms with E-state index >= 15 is 0 Å². The Morgan fingerprint density at radius 2 is 1.55 bits per heavy atom. The van der Waals surface area contributed by atoms with Crippen molar-refractivity contribution in [2.45, 2.75) is 79.0 Å². The molecule has 2 amide bonds. The van der Waals surface area contributed by atoms with E-state index in [4.69, 9.17) is 4.74 Å². The van der Waals surface area contributed by atoms with Gasteiger partial charge in [-0.05, 0) is 39.5 Å². The van der Waals surface area contributed by atoms with Crippen LogP contribution in [0.3, 0.4) is 0 Å². The number of carbonyl (C=O) groups is 2. The predicted octanol–water partition coefficient (Wildman–Crippen LogP) is 2.84. The number of nitrogens with one attached hydrogen (secondary N) is 2. The van der Waals surface area contributed by atoms with Crippen molar-refractivity contribution in [2.24, 2.45) is 5.92 Å².